The topological polar surface area (TPSA) is 242 Å². The Balaban J connectivity index is 3.08. The van der Waals surface area contributed by atoms with Gasteiger partial charge in [0.2, 0.25) is 0 Å². The number of hydrogen-bond acceptors (Lipinski definition) is 25. The maximum Gasteiger partial charge on any atom is 0.0701 e. The molecule has 0 aromatic rings. The summed E-state index contributed by atoms with van der Waals surface area (Å²) < 4.78 is 132. The van der Waals surface area contributed by atoms with E-state index < -0.39 is 0 Å². The highest BCUT2D eigenvalue weighted by Gasteiger charge is 2.01. The van der Waals surface area contributed by atoms with Crippen molar-refractivity contribution in [3.8, 4) is 0 Å². The molecule has 0 aromatic carbocycles. The van der Waals surface area contributed by atoms with Crippen LogP contribution in [0.5, 0.6) is 0 Å². The fourth-order valence-electron chi connectivity index (χ4n) is 6.03. The molecule has 0 aliphatic carbocycles. The van der Waals surface area contributed by atoms with E-state index in [9.17, 15) is 0 Å². The molecule has 0 atom stereocenters. The minimum absolute atomic E-state index is 0.0184. The fourth-order valence-corrected chi connectivity index (χ4v) is 6.03. The third-order valence-corrected chi connectivity index (χ3v) is 10.2. The van der Waals surface area contributed by atoms with Crippen LogP contribution in [0.4, 0.5) is 0 Å². The Hall–Kier alpha value is -1.00. The van der Waals surface area contributed by atoms with E-state index in [0.29, 0.717) is 311 Å². The summed E-state index contributed by atoms with van der Waals surface area (Å²) in [7, 11) is 0. The molecule has 0 radical (unpaired) electrons. The number of hydrogen-bond donors (Lipinski definition) is 1. The highest BCUT2D eigenvalue weighted by molar-refractivity contribution is 4.45. The number of aliphatic hydroxyl groups is 1. The van der Waals surface area contributed by atoms with Crippen LogP contribution in [0.3, 0.4) is 0 Å². The van der Waals surface area contributed by atoms with Gasteiger partial charge in [0.25, 0.3) is 0 Å². The first-order valence-electron chi connectivity index (χ1n) is 29.4. The van der Waals surface area contributed by atoms with Crippen molar-refractivity contribution in [2.24, 2.45) is 0 Å². The van der Waals surface area contributed by atoms with Crippen LogP contribution >= 0.6 is 0 Å². The van der Waals surface area contributed by atoms with Crippen LogP contribution < -0.4 is 0 Å². The second kappa shape index (κ2) is 78.0. The van der Waals surface area contributed by atoms with Crippen molar-refractivity contribution in [2.75, 3.05) is 324 Å². The van der Waals surface area contributed by atoms with Gasteiger partial charge in [-0.2, -0.15) is 0 Å². The first kappa shape index (κ1) is 79.0. The molecule has 25 nitrogen and oxygen atoms in total. The average Bonchev–Trinajstić information content (AvgIpc) is 3.47. The second-order valence-electron chi connectivity index (χ2n) is 16.8. The van der Waals surface area contributed by atoms with E-state index in [1.807, 2.05) is 0 Å². The molecule has 0 spiro atoms. The van der Waals surface area contributed by atoms with E-state index >= 15 is 0 Å². The first-order valence-corrected chi connectivity index (χ1v) is 29.4. The molecular weight excluding hydrogens is 1060 g/mol. The molecule has 0 aromatic heterocycles. The zero-order valence-corrected chi connectivity index (χ0v) is 49.4. The van der Waals surface area contributed by atoms with Crippen molar-refractivity contribution in [3.05, 3.63) is 0 Å². The lowest BCUT2D eigenvalue weighted by atomic mass is 10.2. The molecule has 0 bridgehead atoms. The first-order chi connectivity index (χ1) is 39.9. The van der Waals surface area contributed by atoms with Crippen molar-refractivity contribution >= 4 is 0 Å². The van der Waals surface area contributed by atoms with Crippen molar-refractivity contribution in [2.45, 2.75) is 39.0 Å². The Labute approximate surface area is 480 Å². The Morgan fingerprint density at radius 1 is 0.138 bits per heavy atom. The van der Waals surface area contributed by atoms with Gasteiger partial charge in [0, 0.05) is 6.61 Å². The molecule has 0 aliphatic rings. The zero-order valence-electron chi connectivity index (χ0n) is 49.4. The van der Waals surface area contributed by atoms with E-state index in [1.165, 1.54) is 25.7 Å². The molecule has 0 fully saturated rings. The average molecular weight is 1170 g/mol. The highest BCUT2D eigenvalue weighted by atomic mass is 16.6. The molecule has 0 saturated carbocycles. The van der Waals surface area contributed by atoms with Gasteiger partial charge in [0.15, 0.2) is 0 Å². The highest BCUT2D eigenvalue weighted by Crippen LogP contribution is 2.02. The third kappa shape index (κ3) is 77.0. The minimum atomic E-state index is 0.0184. The van der Waals surface area contributed by atoms with Gasteiger partial charge in [0.05, 0.1) is 317 Å². The summed E-state index contributed by atoms with van der Waals surface area (Å²) >= 11 is 0. The molecule has 80 heavy (non-hydrogen) atoms. The van der Waals surface area contributed by atoms with Crippen molar-refractivity contribution in [1.29, 1.82) is 0 Å². The summed E-state index contributed by atoms with van der Waals surface area (Å²) in [5.74, 6) is 0. The Bertz CT molecular complexity index is 974. The summed E-state index contributed by atoms with van der Waals surface area (Å²) in [6, 6.07) is 0. The predicted molar refractivity (Wildman–Crippen MR) is 296 cm³/mol. The summed E-state index contributed by atoms with van der Waals surface area (Å²) in [6.45, 7) is 26.4. The van der Waals surface area contributed by atoms with Gasteiger partial charge in [-0.1, -0.05) is 32.6 Å². The van der Waals surface area contributed by atoms with Gasteiger partial charge < -0.3 is 119 Å². The summed E-state index contributed by atoms with van der Waals surface area (Å²) in [5, 5.41) is 8.61. The molecule has 0 rings (SSSR count). The molecule has 0 saturated heterocycles. The van der Waals surface area contributed by atoms with E-state index in [4.69, 9.17) is 119 Å². The molecule has 0 amide bonds. The van der Waals surface area contributed by atoms with Gasteiger partial charge in [0.1, 0.15) is 0 Å². The molecule has 0 aliphatic heterocycles. The van der Waals surface area contributed by atoms with Gasteiger partial charge >= 0.3 is 0 Å². The summed E-state index contributed by atoms with van der Waals surface area (Å²) in [6.07, 6.45) is 6.24. The quantitative estimate of drug-likeness (QED) is 0.0860. The Kier molecular flexibility index (Phi) is 77.0. The van der Waals surface area contributed by atoms with E-state index in [0.717, 1.165) is 13.0 Å². The van der Waals surface area contributed by atoms with E-state index in [1.54, 1.807) is 0 Å². The van der Waals surface area contributed by atoms with E-state index in [-0.39, 0.29) is 6.61 Å². The van der Waals surface area contributed by atoms with Gasteiger partial charge in [-0.3, -0.25) is 0 Å². The SMILES string of the molecule is CCCCCCCOCCOCCOCCOCCOCCOCCOCCOCCOCCOCCOCCOCCOCCOCCOCCOCCOCCOCCOCCOCCOCCOCCOCCOCCO. The Morgan fingerprint density at radius 3 is 0.375 bits per heavy atom. The lowest BCUT2D eigenvalue weighted by molar-refractivity contribution is -0.0320. The van der Waals surface area contributed by atoms with Crippen LogP contribution in [0.15, 0.2) is 0 Å². The van der Waals surface area contributed by atoms with Crippen LogP contribution in [0.1, 0.15) is 39.0 Å². The minimum Gasteiger partial charge on any atom is -0.394 e. The molecule has 0 heterocycles. The van der Waals surface area contributed by atoms with Crippen LogP contribution in [0.2, 0.25) is 0 Å². The van der Waals surface area contributed by atoms with Crippen molar-refractivity contribution in [3.63, 3.8) is 0 Å². The van der Waals surface area contributed by atoms with Gasteiger partial charge in [-0.25, -0.2) is 0 Å². The van der Waals surface area contributed by atoms with Crippen LogP contribution in [-0.4, -0.2) is 329 Å². The van der Waals surface area contributed by atoms with Crippen molar-refractivity contribution < 1.29 is 119 Å². The molecule has 482 valence electrons. The summed E-state index contributed by atoms with van der Waals surface area (Å²) in [4.78, 5) is 0. The van der Waals surface area contributed by atoms with Crippen LogP contribution in [0, 0.1) is 0 Å². The molecule has 1 N–H and O–H groups in total. The number of unbranched alkanes of at least 4 members (excludes halogenated alkanes) is 4. The fraction of sp³-hybridized carbons (Fsp3) is 1.00. The van der Waals surface area contributed by atoms with Gasteiger partial charge in [-0.15, -0.1) is 0 Å². The lowest BCUT2D eigenvalue weighted by Crippen LogP contribution is -2.16. The molecule has 25 heteroatoms. The number of rotatable bonds is 77. The maximum absolute atomic E-state index is 8.61. The van der Waals surface area contributed by atoms with Gasteiger partial charge in [-0.05, 0) is 6.42 Å². The van der Waals surface area contributed by atoms with E-state index in [2.05, 4.69) is 6.92 Å². The van der Waals surface area contributed by atoms with Crippen LogP contribution in [-0.2, 0) is 114 Å². The van der Waals surface area contributed by atoms with Crippen molar-refractivity contribution in [1.82, 2.24) is 0 Å². The normalized spacial score (nSPS) is 11.8. The Morgan fingerprint density at radius 2 is 0.250 bits per heavy atom. The summed E-state index contributed by atoms with van der Waals surface area (Å²) in [5.41, 5.74) is 0. The standard InChI is InChI=1S/C55H112O25/c1-2-3-4-5-6-8-57-10-12-59-14-16-61-18-20-63-22-24-65-26-28-67-30-32-69-34-36-71-38-40-73-42-44-75-46-48-77-50-52-79-54-55-80-53-51-78-49-47-76-45-43-74-41-39-72-37-35-70-33-31-68-29-27-66-25-23-64-21-19-62-17-15-60-13-11-58-9-7-56/h56H,2-55H2,1H3. The largest absolute Gasteiger partial charge is 0.394 e. The smallest absolute Gasteiger partial charge is 0.0701 e. The number of ether oxygens (including phenoxy) is 24. The third-order valence-electron chi connectivity index (χ3n) is 10.2. The zero-order chi connectivity index (χ0) is 57.2. The lowest BCUT2D eigenvalue weighted by Gasteiger charge is -2.09. The number of aliphatic hydroxyl groups excluding tert-OH is 1. The monoisotopic (exact) mass is 1170 g/mol. The second-order valence-corrected chi connectivity index (χ2v) is 16.8. The maximum atomic E-state index is 8.61. The van der Waals surface area contributed by atoms with Crippen LogP contribution in [0.25, 0.3) is 0 Å². The molecule has 0 unspecified atom stereocenters. The molecular formula is C55H112O25. The predicted octanol–water partition coefficient (Wildman–Crippen LogP) is 2.35.